The summed E-state index contributed by atoms with van der Waals surface area (Å²) >= 11 is 0. The third-order valence-electron chi connectivity index (χ3n) is 5.69. The number of nitrogens with one attached hydrogen (secondary N) is 1. The van der Waals surface area contributed by atoms with Gasteiger partial charge in [-0.05, 0) is 46.2 Å². The van der Waals surface area contributed by atoms with Crippen LogP contribution in [0.5, 0.6) is 11.6 Å². The van der Waals surface area contributed by atoms with Crippen molar-refractivity contribution in [3.63, 3.8) is 0 Å². The van der Waals surface area contributed by atoms with Crippen LogP contribution in [0, 0.1) is 17.8 Å². The number of aromatic nitrogens is 1. The molecule has 9 heteroatoms. The number of carbonyl (C=O) groups is 2. The Morgan fingerprint density at radius 2 is 2.06 bits per heavy atom. The second-order valence-corrected chi connectivity index (χ2v) is 9.44. The van der Waals surface area contributed by atoms with E-state index in [0.717, 1.165) is 0 Å². The number of rotatable bonds is 8. The zero-order chi connectivity index (χ0) is 25.9. The molecule has 0 radical (unpaired) electrons. The van der Waals surface area contributed by atoms with E-state index in [1.165, 1.54) is 6.20 Å². The molecule has 3 rings (SSSR count). The highest BCUT2D eigenvalue weighted by Crippen LogP contribution is 2.34. The Morgan fingerprint density at radius 3 is 2.66 bits per heavy atom. The maximum atomic E-state index is 14.1. The van der Waals surface area contributed by atoms with E-state index in [-0.39, 0.29) is 35.9 Å². The minimum Gasteiger partial charge on any atom is -0.490 e. The highest BCUT2D eigenvalue weighted by Gasteiger charge is 2.41. The number of hydrogen-bond acceptors (Lipinski definition) is 6. The molecule has 2 amide bonds. The van der Waals surface area contributed by atoms with Crippen LogP contribution in [0.4, 0.5) is 4.39 Å². The van der Waals surface area contributed by atoms with Gasteiger partial charge in [0.2, 0.25) is 5.88 Å². The number of benzene rings is 1. The van der Waals surface area contributed by atoms with Crippen LogP contribution in [0.25, 0.3) is 10.8 Å². The number of ether oxygens (including phenoxy) is 2. The van der Waals surface area contributed by atoms with Gasteiger partial charge >= 0.3 is 0 Å². The summed E-state index contributed by atoms with van der Waals surface area (Å²) in [6.07, 6.45) is 0.704. The van der Waals surface area contributed by atoms with E-state index < -0.39 is 29.5 Å². The van der Waals surface area contributed by atoms with Crippen LogP contribution in [0.3, 0.4) is 0 Å². The molecular weight excluding hydrogens is 453 g/mol. The summed E-state index contributed by atoms with van der Waals surface area (Å²) in [6, 6.07) is 2.89. The van der Waals surface area contributed by atoms with Gasteiger partial charge in [0.25, 0.3) is 11.8 Å². The molecule has 188 valence electrons. The molecule has 0 unspecified atom stereocenters. The second-order valence-electron chi connectivity index (χ2n) is 9.44. The lowest BCUT2D eigenvalue weighted by molar-refractivity contribution is -0.123. The van der Waals surface area contributed by atoms with E-state index in [1.807, 2.05) is 20.8 Å². The molecule has 0 bridgehead atoms. The standard InChI is InChI=1S/C26H32FN3O5/c1-6-16-20(30-24(32)22(16)27)8-10-34-25-18-12-21(35-14(2)3)19(23(28)31)11-17(18)15(13-29-25)7-9-26(4,5)33/h11-14,16,20,22,33H,6,8,10H2,1-5H3,(H2,28,31)(H,30,32)/t16-,20+,22-/m0/s1. The SMILES string of the molecule is CC[C@@H]1[C@H](F)C(=O)N[C@@H]1CCOc1ncc(C#CC(C)(C)O)c2cc(C(N)=O)c(OC(C)C)cc12. The summed E-state index contributed by atoms with van der Waals surface area (Å²) in [6.45, 7) is 8.80. The third-order valence-corrected chi connectivity index (χ3v) is 5.69. The van der Waals surface area contributed by atoms with Crippen molar-refractivity contribution in [2.75, 3.05) is 6.61 Å². The van der Waals surface area contributed by atoms with Crippen molar-refractivity contribution in [3.8, 4) is 23.5 Å². The molecule has 8 nitrogen and oxygen atoms in total. The van der Waals surface area contributed by atoms with Crippen LogP contribution in [-0.4, -0.2) is 52.4 Å². The van der Waals surface area contributed by atoms with E-state index in [0.29, 0.717) is 29.2 Å². The van der Waals surface area contributed by atoms with Crippen LogP contribution in [0.2, 0.25) is 0 Å². The first-order chi connectivity index (χ1) is 16.4. The van der Waals surface area contributed by atoms with E-state index in [4.69, 9.17) is 15.2 Å². The van der Waals surface area contributed by atoms with Crippen LogP contribution in [0.1, 0.15) is 63.4 Å². The number of nitrogens with zero attached hydrogens (tertiary/aromatic N) is 1. The molecule has 1 aromatic carbocycles. The summed E-state index contributed by atoms with van der Waals surface area (Å²) in [4.78, 5) is 28.3. The molecule has 0 spiro atoms. The lowest BCUT2D eigenvalue weighted by Gasteiger charge is -2.19. The fourth-order valence-electron chi connectivity index (χ4n) is 4.05. The van der Waals surface area contributed by atoms with Gasteiger partial charge in [-0.15, -0.1) is 0 Å². The van der Waals surface area contributed by atoms with Crippen LogP contribution in [-0.2, 0) is 4.79 Å². The monoisotopic (exact) mass is 485 g/mol. The second kappa shape index (κ2) is 10.5. The Balaban J connectivity index is 2.00. The van der Waals surface area contributed by atoms with Crippen LogP contribution >= 0.6 is 0 Å². The van der Waals surface area contributed by atoms with Gasteiger partial charge in [-0.25, -0.2) is 9.37 Å². The Morgan fingerprint density at radius 1 is 1.34 bits per heavy atom. The van der Waals surface area contributed by atoms with Crippen molar-refractivity contribution >= 4 is 22.6 Å². The van der Waals surface area contributed by atoms with E-state index >= 15 is 0 Å². The predicted molar refractivity (Wildman–Crippen MR) is 130 cm³/mol. The number of amides is 2. The van der Waals surface area contributed by atoms with Gasteiger partial charge in [0, 0.05) is 35.3 Å². The van der Waals surface area contributed by atoms with Gasteiger partial charge in [0.15, 0.2) is 6.17 Å². The van der Waals surface area contributed by atoms with Gasteiger partial charge in [-0.3, -0.25) is 9.59 Å². The molecule has 0 saturated carbocycles. The van der Waals surface area contributed by atoms with Crippen molar-refractivity contribution in [2.45, 2.75) is 71.4 Å². The zero-order valence-electron chi connectivity index (χ0n) is 20.6. The van der Waals surface area contributed by atoms with Crippen molar-refractivity contribution in [3.05, 3.63) is 29.5 Å². The van der Waals surface area contributed by atoms with Crippen molar-refractivity contribution in [2.24, 2.45) is 11.7 Å². The maximum absolute atomic E-state index is 14.1. The summed E-state index contributed by atoms with van der Waals surface area (Å²) in [5, 5.41) is 13.8. The predicted octanol–water partition coefficient (Wildman–Crippen LogP) is 2.87. The molecular formula is C26H32FN3O5. The van der Waals surface area contributed by atoms with E-state index in [1.54, 1.807) is 26.0 Å². The fourth-order valence-corrected chi connectivity index (χ4v) is 4.05. The molecule has 4 N–H and O–H groups in total. The average Bonchev–Trinajstić information content (AvgIpc) is 3.03. The minimum atomic E-state index is -1.51. The molecule has 1 aliphatic rings. The number of alkyl halides is 1. The first-order valence-corrected chi connectivity index (χ1v) is 11.7. The van der Waals surface area contributed by atoms with Gasteiger partial charge in [-0.1, -0.05) is 18.8 Å². The minimum absolute atomic E-state index is 0.183. The number of pyridine rings is 1. The molecule has 35 heavy (non-hydrogen) atoms. The van der Waals surface area contributed by atoms with E-state index in [9.17, 15) is 19.1 Å². The van der Waals surface area contributed by atoms with Crippen LogP contribution < -0.4 is 20.5 Å². The molecule has 1 fully saturated rings. The van der Waals surface area contributed by atoms with Gasteiger partial charge in [0.1, 0.15) is 11.4 Å². The van der Waals surface area contributed by atoms with Gasteiger partial charge in [-0.2, -0.15) is 0 Å². The smallest absolute Gasteiger partial charge is 0.255 e. The summed E-state index contributed by atoms with van der Waals surface area (Å²) < 4.78 is 25.9. The number of carbonyl (C=O) groups excluding carboxylic acids is 2. The Labute approximate surface area is 204 Å². The number of fused-ring (bicyclic) bond motifs is 1. The van der Waals surface area contributed by atoms with E-state index in [2.05, 4.69) is 22.1 Å². The van der Waals surface area contributed by atoms with Crippen molar-refractivity contribution < 1.29 is 28.6 Å². The first kappa shape index (κ1) is 26.2. The number of halogens is 1. The average molecular weight is 486 g/mol. The number of nitrogens with two attached hydrogens (primary N) is 1. The number of aliphatic hydroxyl groups is 1. The molecule has 2 aromatic rings. The normalized spacial score (nSPS) is 19.9. The summed E-state index contributed by atoms with van der Waals surface area (Å²) in [5.74, 6) is 4.56. The molecule has 3 atom stereocenters. The van der Waals surface area contributed by atoms with Gasteiger partial charge in [0.05, 0.1) is 23.8 Å². The first-order valence-electron chi connectivity index (χ1n) is 11.7. The summed E-state index contributed by atoms with van der Waals surface area (Å²) in [7, 11) is 0. The van der Waals surface area contributed by atoms with Crippen LogP contribution in [0.15, 0.2) is 18.3 Å². The lowest BCUT2D eigenvalue weighted by Crippen LogP contribution is -2.30. The topological polar surface area (TPSA) is 124 Å². The maximum Gasteiger partial charge on any atom is 0.255 e. The van der Waals surface area contributed by atoms with Crippen molar-refractivity contribution in [1.82, 2.24) is 10.3 Å². The molecule has 2 heterocycles. The Kier molecular flexibility index (Phi) is 7.86. The fraction of sp³-hybridized carbons (Fsp3) is 0.500. The highest BCUT2D eigenvalue weighted by atomic mass is 19.1. The molecule has 1 aromatic heterocycles. The molecule has 1 saturated heterocycles. The quantitative estimate of drug-likeness (QED) is 0.494. The Hall–Kier alpha value is -3.38. The zero-order valence-corrected chi connectivity index (χ0v) is 20.6. The van der Waals surface area contributed by atoms with Crippen molar-refractivity contribution in [1.29, 1.82) is 0 Å². The third kappa shape index (κ3) is 6.20. The molecule has 1 aliphatic heterocycles. The number of primary amides is 1. The Bertz CT molecular complexity index is 1180. The molecule has 0 aliphatic carbocycles. The highest BCUT2D eigenvalue weighted by molar-refractivity contribution is 6.03. The summed E-state index contributed by atoms with van der Waals surface area (Å²) in [5.41, 5.74) is 5.03. The number of hydrogen-bond donors (Lipinski definition) is 3. The van der Waals surface area contributed by atoms with Gasteiger partial charge < -0.3 is 25.6 Å². The largest absolute Gasteiger partial charge is 0.490 e. The lowest BCUT2D eigenvalue weighted by atomic mass is 9.94.